The SMILES string of the molecule is C=CCC[C@H](CN1CCCN(C)CC1)Oc1cc(C)nc(N(C)C)n1. The highest BCUT2D eigenvalue weighted by Gasteiger charge is 2.19. The van der Waals surface area contributed by atoms with Crippen molar-refractivity contribution in [1.82, 2.24) is 19.8 Å². The van der Waals surface area contributed by atoms with Crippen LogP contribution in [0.1, 0.15) is 25.0 Å². The maximum Gasteiger partial charge on any atom is 0.228 e. The summed E-state index contributed by atoms with van der Waals surface area (Å²) in [5.74, 6) is 1.35. The summed E-state index contributed by atoms with van der Waals surface area (Å²) >= 11 is 0. The van der Waals surface area contributed by atoms with Crippen LogP contribution in [-0.4, -0.2) is 79.7 Å². The van der Waals surface area contributed by atoms with Crippen molar-refractivity contribution in [2.24, 2.45) is 0 Å². The summed E-state index contributed by atoms with van der Waals surface area (Å²) in [5, 5.41) is 0. The van der Waals surface area contributed by atoms with E-state index in [1.165, 1.54) is 13.0 Å². The van der Waals surface area contributed by atoms with Gasteiger partial charge in [0.05, 0.1) is 0 Å². The van der Waals surface area contributed by atoms with Gasteiger partial charge in [-0.25, -0.2) is 4.98 Å². The van der Waals surface area contributed by atoms with Crippen LogP contribution in [0.25, 0.3) is 0 Å². The van der Waals surface area contributed by atoms with E-state index in [0.29, 0.717) is 11.8 Å². The molecule has 0 bridgehead atoms. The zero-order chi connectivity index (χ0) is 18.2. The standard InChI is InChI=1S/C19H33N5O/c1-6-7-9-17(15-24-11-8-10-23(5)12-13-24)25-18-14-16(2)20-19(21-18)22(3)4/h6,14,17H,1,7-13,15H2,2-5H3/t17-/m1/s1. The summed E-state index contributed by atoms with van der Waals surface area (Å²) in [6.45, 7) is 11.3. The lowest BCUT2D eigenvalue weighted by Gasteiger charge is -2.27. The molecule has 0 saturated carbocycles. The quantitative estimate of drug-likeness (QED) is 0.672. The maximum absolute atomic E-state index is 6.28. The molecule has 2 rings (SSSR count). The Hall–Kier alpha value is -1.66. The van der Waals surface area contributed by atoms with E-state index in [2.05, 4.69) is 33.4 Å². The number of likely N-dealkylation sites (N-methyl/N-ethyl adjacent to an activating group) is 1. The zero-order valence-corrected chi connectivity index (χ0v) is 16.2. The van der Waals surface area contributed by atoms with Crippen molar-refractivity contribution in [1.29, 1.82) is 0 Å². The number of allylic oxidation sites excluding steroid dienone is 1. The topological polar surface area (TPSA) is 44.7 Å². The minimum absolute atomic E-state index is 0.116. The Kier molecular flexibility index (Phi) is 7.65. The maximum atomic E-state index is 6.28. The van der Waals surface area contributed by atoms with Gasteiger partial charge in [-0.2, -0.15) is 4.98 Å². The number of ether oxygens (including phenoxy) is 1. The molecule has 1 aromatic heterocycles. The van der Waals surface area contributed by atoms with Gasteiger partial charge in [-0.3, -0.25) is 4.90 Å². The first kappa shape index (κ1) is 19.7. The molecule has 0 aliphatic carbocycles. The second-order valence-corrected chi connectivity index (χ2v) is 7.11. The van der Waals surface area contributed by atoms with Crippen LogP contribution in [0.15, 0.2) is 18.7 Å². The average Bonchev–Trinajstić information content (AvgIpc) is 2.76. The number of hydrogen-bond donors (Lipinski definition) is 0. The van der Waals surface area contributed by atoms with Crippen LogP contribution in [0.2, 0.25) is 0 Å². The highest BCUT2D eigenvalue weighted by molar-refractivity contribution is 5.32. The molecule has 0 aromatic carbocycles. The van der Waals surface area contributed by atoms with Gasteiger partial charge in [-0.15, -0.1) is 6.58 Å². The first-order valence-electron chi connectivity index (χ1n) is 9.19. The van der Waals surface area contributed by atoms with Crippen molar-refractivity contribution in [3.63, 3.8) is 0 Å². The molecule has 2 heterocycles. The molecule has 1 aromatic rings. The van der Waals surface area contributed by atoms with Gasteiger partial charge in [0.15, 0.2) is 0 Å². The average molecular weight is 348 g/mol. The molecule has 1 saturated heterocycles. The van der Waals surface area contributed by atoms with Crippen LogP contribution in [0.3, 0.4) is 0 Å². The molecule has 0 amide bonds. The molecule has 6 heteroatoms. The Morgan fingerprint density at radius 2 is 2.08 bits per heavy atom. The van der Waals surface area contributed by atoms with E-state index in [1.807, 2.05) is 38.1 Å². The fourth-order valence-corrected chi connectivity index (χ4v) is 3.02. The predicted molar refractivity (Wildman–Crippen MR) is 103 cm³/mol. The Labute approximate surface area is 152 Å². The smallest absolute Gasteiger partial charge is 0.228 e. The lowest BCUT2D eigenvalue weighted by molar-refractivity contribution is 0.123. The largest absolute Gasteiger partial charge is 0.473 e. The lowest BCUT2D eigenvalue weighted by Crippen LogP contribution is -2.38. The Morgan fingerprint density at radius 1 is 1.28 bits per heavy atom. The number of rotatable bonds is 8. The fourth-order valence-electron chi connectivity index (χ4n) is 3.02. The van der Waals surface area contributed by atoms with Gasteiger partial charge in [0, 0.05) is 45.5 Å². The van der Waals surface area contributed by atoms with Crippen molar-refractivity contribution in [3.8, 4) is 5.88 Å². The highest BCUT2D eigenvalue weighted by atomic mass is 16.5. The summed E-state index contributed by atoms with van der Waals surface area (Å²) in [6, 6.07) is 1.92. The molecule has 6 nitrogen and oxygen atoms in total. The molecular formula is C19H33N5O. The van der Waals surface area contributed by atoms with E-state index in [4.69, 9.17) is 4.74 Å². The van der Waals surface area contributed by atoms with Crippen LogP contribution in [0, 0.1) is 6.92 Å². The monoisotopic (exact) mass is 347 g/mol. The van der Waals surface area contributed by atoms with Crippen molar-refractivity contribution < 1.29 is 4.74 Å². The third-order valence-electron chi connectivity index (χ3n) is 4.47. The molecule has 25 heavy (non-hydrogen) atoms. The van der Waals surface area contributed by atoms with Crippen LogP contribution in [-0.2, 0) is 0 Å². The molecule has 1 atom stereocenters. The van der Waals surface area contributed by atoms with Crippen LogP contribution in [0.5, 0.6) is 5.88 Å². The van der Waals surface area contributed by atoms with E-state index in [1.54, 1.807) is 0 Å². The fraction of sp³-hybridized carbons (Fsp3) is 0.684. The van der Waals surface area contributed by atoms with Crippen molar-refractivity contribution in [2.45, 2.75) is 32.3 Å². The second-order valence-electron chi connectivity index (χ2n) is 7.11. The van der Waals surface area contributed by atoms with Crippen molar-refractivity contribution in [2.75, 3.05) is 58.8 Å². The zero-order valence-electron chi connectivity index (χ0n) is 16.2. The molecule has 1 fully saturated rings. The summed E-state index contributed by atoms with van der Waals surface area (Å²) < 4.78 is 6.28. The predicted octanol–water partition coefficient (Wildman–Crippen LogP) is 2.20. The summed E-state index contributed by atoms with van der Waals surface area (Å²) in [4.78, 5) is 15.8. The number of nitrogens with zero attached hydrogens (tertiary/aromatic N) is 5. The Morgan fingerprint density at radius 3 is 2.80 bits per heavy atom. The van der Waals surface area contributed by atoms with Gasteiger partial charge in [0.2, 0.25) is 11.8 Å². The third kappa shape index (κ3) is 6.63. The van der Waals surface area contributed by atoms with Gasteiger partial charge < -0.3 is 14.5 Å². The van der Waals surface area contributed by atoms with E-state index in [-0.39, 0.29) is 6.10 Å². The van der Waals surface area contributed by atoms with Crippen molar-refractivity contribution in [3.05, 3.63) is 24.4 Å². The van der Waals surface area contributed by atoms with E-state index in [9.17, 15) is 0 Å². The number of hydrogen-bond acceptors (Lipinski definition) is 6. The van der Waals surface area contributed by atoms with Crippen LogP contribution >= 0.6 is 0 Å². The minimum atomic E-state index is 0.116. The van der Waals surface area contributed by atoms with Gasteiger partial charge in [0.1, 0.15) is 6.10 Å². The Balaban J connectivity index is 2.05. The molecular weight excluding hydrogens is 314 g/mol. The second kappa shape index (κ2) is 9.73. The lowest BCUT2D eigenvalue weighted by atomic mass is 10.1. The number of aromatic nitrogens is 2. The van der Waals surface area contributed by atoms with Crippen LogP contribution in [0.4, 0.5) is 5.95 Å². The molecule has 0 N–H and O–H groups in total. The highest BCUT2D eigenvalue weighted by Crippen LogP contribution is 2.18. The van der Waals surface area contributed by atoms with Gasteiger partial charge in [-0.1, -0.05) is 6.08 Å². The molecule has 1 aliphatic heterocycles. The van der Waals surface area contributed by atoms with Crippen molar-refractivity contribution >= 4 is 5.95 Å². The molecule has 0 spiro atoms. The number of anilines is 1. The summed E-state index contributed by atoms with van der Waals surface area (Å²) in [5.41, 5.74) is 0.924. The third-order valence-corrected chi connectivity index (χ3v) is 4.47. The molecule has 0 radical (unpaired) electrons. The first-order valence-corrected chi connectivity index (χ1v) is 9.19. The molecule has 0 unspecified atom stereocenters. The molecule has 140 valence electrons. The number of aryl methyl sites for hydroxylation is 1. The summed E-state index contributed by atoms with van der Waals surface area (Å²) in [6.07, 6.45) is 5.19. The van der Waals surface area contributed by atoms with Gasteiger partial charge in [-0.05, 0) is 46.3 Å². The normalized spacial score (nSPS) is 17.8. The molecule has 1 aliphatic rings. The Bertz CT molecular complexity index is 549. The van der Waals surface area contributed by atoms with E-state index in [0.717, 1.165) is 44.7 Å². The van der Waals surface area contributed by atoms with E-state index < -0.39 is 0 Å². The van der Waals surface area contributed by atoms with E-state index >= 15 is 0 Å². The summed E-state index contributed by atoms with van der Waals surface area (Å²) in [7, 11) is 6.09. The van der Waals surface area contributed by atoms with Crippen LogP contribution < -0.4 is 9.64 Å². The first-order chi connectivity index (χ1) is 12.0. The van der Waals surface area contributed by atoms with Gasteiger partial charge in [0.25, 0.3) is 0 Å². The van der Waals surface area contributed by atoms with Gasteiger partial charge >= 0.3 is 0 Å². The minimum Gasteiger partial charge on any atom is -0.473 e.